The second-order valence-electron chi connectivity index (χ2n) is 2.88. The van der Waals surface area contributed by atoms with Gasteiger partial charge in [0.05, 0.1) is 0 Å². The molecule has 1 aromatic rings. The molecule has 1 atom stereocenters. The first kappa shape index (κ1) is 11.8. The molecule has 0 saturated heterocycles. The first-order valence-electron chi connectivity index (χ1n) is 4.30. The normalized spacial score (nSPS) is 12.1. The summed E-state index contributed by atoms with van der Waals surface area (Å²) in [5.74, 6) is -0.775. The van der Waals surface area contributed by atoms with Crippen LogP contribution in [0.25, 0.3) is 0 Å². The van der Waals surface area contributed by atoms with Crippen molar-refractivity contribution in [1.82, 2.24) is 10.3 Å². The number of rotatable bonds is 4. The molecule has 0 aliphatic carbocycles. The van der Waals surface area contributed by atoms with Gasteiger partial charge in [0.25, 0.3) is 5.91 Å². The molecule has 0 saturated carbocycles. The number of carbonyl (C=O) groups is 1. The molecule has 1 unspecified atom stereocenters. The van der Waals surface area contributed by atoms with E-state index >= 15 is 0 Å². The van der Waals surface area contributed by atoms with E-state index in [0.717, 1.165) is 6.07 Å². The van der Waals surface area contributed by atoms with Crippen molar-refractivity contribution in [2.24, 2.45) is 0 Å². The van der Waals surface area contributed by atoms with Gasteiger partial charge in [0.2, 0.25) is 5.95 Å². The number of pyridine rings is 1. The molecule has 1 heterocycles. The van der Waals surface area contributed by atoms with Gasteiger partial charge in [-0.15, -0.1) is 0 Å². The molecule has 1 rings (SSSR count). The van der Waals surface area contributed by atoms with E-state index in [1.165, 1.54) is 12.1 Å². The van der Waals surface area contributed by atoms with Crippen molar-refractivity contribution < 1.29 is 13.4 Å². The van der Waals surface area contributed by atoms with Crippen LogP contribution in [0.2, 0.25) is 0 Å². The van der Waals surface area contributed by atoms with Crippen LogP contribution in [0.15, 0.2) is 18.2 Å². The summed E-state index contributed by atoms with van der Waals surface area (Å²) < 4.78 is 23.3. The number of amides is 1. The summed E-state index contributed by atoms with van der Waals surface area (Å²) in [5, 5.41) is 2.50. The van der Waals surface area contributed by atoms with Crippen LogP contribution in [-0.2, 0) is 10.8 Å². The summed E-state index contributed by atoms with van der Waals surface area (Å²) >= 11 is 0. The predicted molar refractivity (Wildman–Crippen MR) is 55.5 cm³/mol. The third kappa shape index (κ3) is 4.16. The van der Waals surface area contributed by atoms with Gasteiger partial charge in [-0.2, -0.15) is 4.39 Å². The van der Waals surface area contributed by atoms with Crippen molar-refractivity contribution in [1.29, 1.82) is 0 Å². The molecule has 0 aliphatic rings. The van der Waals surface area contributed by atoms with Gasteiger partial charge in [-0.25, -0.2) is 4.98 Å². The van der Waals surface area contributed by atoms with E-state index < -0.39 is 22.7 Å². The largest absolute Gasteiger partial charge is 0.350 e. The zero-order chi connectivity index (χ0) is 11.3. The van der Waals surface area contributed by atoms with Crippen LogP contribution in [0.3, 0.4) is 0 Å². The highest BCUT2D eigenvalue weighted by Gasteiger charge is 2.06. The van der Waals surface area contributed by atoms with E-state index in [0.29, 0.717) is 12.3 Å². The summed E-state index contributed by atoms with van der Waals surface area (Å²) in [6.45, 7) is 0.292. The highest BCUT2D eigenvalue weighted by Crippen LogP contribution is 1.97. The molecule has 4 nitrogen and oxygen atoms in total. The molecule has 82 valence electrons. The van der Waals surface area contributed by atoms with E-state index in [1.54, 1.807) is 6.26 Å². The first-order chi connectivity index (χ1) is 7.09. The molecule has 0 radical (unpaired) electrons. The van der Waals surface area contributed by atoms with Gasteiger partial charge >= 0.3 is 0 Å². The van der Waals surface area contributed by atoms with Crippen LogP contribution in [0.1, 0.15) is 10.5 Å². The maximum absolute atomic E-state index is 12.6. The van der Waals surface area contributed by atoms with Crippen LogP contribution >= 0.6 is 0 Å². The van der Waals surface area contributed by atoms with Gasteiger partial charge in [-0.3, -0.25) is 9.00 Å². The molecule has 6 heteroatoms. The van der Waals surface area contributed by atoms with Crippen molar-refractivity contribution in [3.63, 3.8) is 0 Å². The Morgan fingerprint density at radius 1 is 1.60 bits per heavy atom. The third-order valence-electron chi connectivity index (χ3n) is 1.62. The van der Waals surface area contributed by atoms with Crippen molar-refractivity contribution in [3.8, 4) is 0 Å². The highest BCUT2D eigenvalue weighted by atomic mass is 32.2. The van der Waals surface area contributed by atoms with Crippen LogP contribution in [0, 0.1) is 5.95 Å². The molecule has 15 heavy (non-hydrogen) atoms. The lowest BCUT2D eigenvalue weighted by molar-refractivity contribution is 0.0950. The maximum Gasteiger partial charge on any atom is 0.270 e. The molecule has 0 spiro atoms. The quantitative estimate of drug-likeness (QED) is 0.758. The Kier molecular flexibility index (Phi) is 4.36. The summed E-state index contributed by atoms with van der Waals surface area (Å²) in [6, 6.07) is 3.99. The second kappa shape index (κ2) is 5.55. The van der Waals surface area contributed by atoms with Gasteiger partial charge < -0.3 is 5.32 Å². The molecule has 0 aromatic carbocycles. The SMILES string of the molecule is CS(=O)CCNC(=O)c1cccc(F)n1. The number of hydrogen-bond acceptors (Lipinski definition) is 3. The zero-order valence-electron chi connectivity index (χ0n) is 8.20. The Labute approximate surface area is 89.4 Å². The minimum Gasteiger partial charge on any atom is -0.350 e. The number of halogens is 1. The molecular weight excluding hydrogens is 219 g/mol. The fourth-order valence-corrected chi connectivity index (χ4v) is 1.32. The van der Waals surface area contributed by atoms with Gasteiger partial charge in [0.1, 0.15) is 5.69 Å². The Bertz CT molecular complexity index is 384. The van der Waals surface area contributed by atoms with Crippen molar-refractivity contribution in [3.05, 3.63) is 29.8 Å². The molecule has 1 N–H and O–H groups in total. The third-order valence-corrected chi connectivity index (χ3v) is 2.40. The summed E-state index contributed by atoms with van der Waals surface area (Å²) in [7, 11) is -0.952. The fraction of sp³-hybridized carbons (Fsp3) is 0.333. The minimum absolute atomic E-state index is 0.0249. The Morgan fingerprint density at radius 2 is 2.33 bits per heavy atom. The summed E-state index contributed by atoms with van der Waals surface area (Å²) in [4.78, 5) is 14.8. The Hall–Kier alpha value is -1.30. The van der Waals surface area contributed by atoms with Crippen molar-refractivity contribution in [2.45, 2.75) is 0 Å². The molecule has 0 fully saturated rings. The Balaban J connectivity index is 2.50. The molecule has 0 bridgehead atoms. The van der Waals surface area contributed by atoms with Crippen LogP contribution in [0.5, 0.6) is 0 Å². The van der Waals surface area contributed by atoms with Gasteiger partial charge in [-0.05, 0) is 12.1 Å². The zero-order valence-corrected chi connectivity index (χ0v) is 9.01. The number of nitrogens with one attached hydrogen (secondary N) is 1. The number of carbonyl (C=O) groups excluding carboxylic acids is 1. The highest BCUT2D eigenvalue weighted by molar-refractivity contribution is 7.84. The van der Waals surface area contributed by atoms with E-state index in [4.69, 9.17) is 0 Å². The predicted octanol–water partition coefficient (Wildman–Crippen LogP) is 0.329. The van der Waals surface area contributed by atoms with Gasteiger partial charge in [-0.1, -0.05) is 6.07 Å². The van der Waals surface area contributed by atoms with Crippen molar-refractivity contribution >= 4 is 16.7 Å². The van der Waals surface area contributed by atoms with Gasteiger partial charge in [0, 0.05) is 29.4 Å². The van der Waals surface area contributed by atoms with Crippen LogP contribution < -0.4 is 5.32 Å². The second-order valence-corrected chi connectivity index (χ2v) is 4.43. The Morgan fingerprint density at radius 3 is 2.93 bits per heavy atom. The minimum atomic E-state index is -0.952. The topological polar surface area (TPSA) is 59.1 Å². The lowest BCUT2D eigenvalue weighted by Crippen LogP contribution is -2.28. The van der Waals surface area contributed by atoms with Gasteiger partial charge in [0.15, 0.2) is 0 Å². The number of hydrogen-bond donors (Lipinski definition) is 1. The number of aromatic nitrogens is 1. The van der Waals surface area contributed by atoms with E-state index in [2.05, 4.69) is 10.3 Å². The maximum atomic E-state index is 12.6. The molecule has 1 aromatic heterocycles. The molecule has 0 aliphatic heterocycles. The molecule has 1 amide bonds. The average Bonchev–Trinajstić information content (AvgIpc) is 2.17. The van der Waals surface area contributed by atoms with Crippen molar-refractivity contribution in [2.75, 3.05) is 18.6 Å². The number of nitrogens with zero attached hydrogens (tertiary/aromatic N) is 1. The van der Waals surface area contributed by atoms with E-state index in [-0.39, 0.29) is 5.69 Å². The molecular formula is C9H11FN2O2S. The standard InChI is InChI=1S/C9H11FN2O2S/c1-15(14)6-5-11-9(13)7-3-2-4-8(10)12-7/h2-4H,5-6H2,1H3,(H,11,13). The van der Waals surface area contributed by atoms with E-state index in [1.807, 2.05) is 0 Å². The summed E-state index contributed by atoms with van der Waals surface area (Å²) in [5.41, 5.74) is 0.0249. The summed E-state index contributed by atoms with van der Waals surface area (Å²) in [6.07, 6.45) is 1.55. The lowest BCUT2D eigenvalue weighted by Gasteiger charge is -2.02. The fourth-order valence-electron chi connectivity index (χ4n) is 0.934. The first-order valence-corrected chi connectivity index (χ1v) is 6.03. The van der Waals surface area contributed by atoms with E-state index in [9.17, 15) is 13.4 Å². The lowest BCUT2D eigenvalue weighted by atomic mass is 10.3. The monoisotopic (exact) mass is 230 g/mol. The average molecular weight is 230 g/mol. The van der Waals surface area contributed by atoms with Crippen LogP contribution in [0.4, 0.5) is 4.39 Å². The smallest absolute Gasteiger partial charge is 0.270 e. The van der Waals surface area contributed by atoms with Crippen LogP contribution in [-0.4, -0.2) is 33.7 Å².